The molecule has 0 spiro atoms. The van der Waals surface area contributed by atoms with Crippen LogP contribution in [-0.4, -0.2) is 17.1 Å². The van der Waals surface area contributed by atoms with Gasteiger partial charge in [0.1, 0.15) is 12.4 Å². The van der Waals surface area contributed by atoms with Gasteiger partial charge in [0.2, 0.25) is 0 Å². The maximum Gasteiger partial charge on any atom is 0.338 e. The smallest absolute Gasteiger partial charge is 0.338 e. The van der Waals surface area contributed by atoms with Gasteiger partial charge in [-0.2, -0.15) is 0 Å². The number of ether oxygens (including phenoxy) is 2. The van der Waals surface area contributed by atoms with Gasteiger partial charge in [-0.1, -0.05) is 70.4 Å². The predicted molar refractivity (Wildman–Crippen MR) is 184 cm³/mol. The van der Waals surface area contributed by atoms with E-state index in [-0.39, 0.29) is 18.8 Å². The minimum absolute atomic E-state index is 0.219. The SMILES string of the molecule is CCOC(=O)C1=C(C)N=c2s/c(=C\c3cc(I)cc(I)c3OCc3ccc(Cl)c(Cl)c3)c(=O)n2[C@@H]1c1ccc(C)cc1. The van der Waals surface area contributed by atoms with Gasteiger partial charge in [0.05, 0.1) is 42.1 Å². The van der Waals surface area contributed by atoms with Crippen molar-refractivity contribution in [2.24, 2.45) is 4.99 Å². The maximum absolute atomic E-state index is 14.1. The number of benzene rings is 3. The number of hydrogen-bond donors (Lipinski definition) is 0. The lowest BCUT2D eigenvalue weighted by atomic mass is 9.95. The Labute approximate surface area is 284 Å². The van der Waals surface area contributed by atoms with E-state index in [9.17, 15) is 9.59 Å². The standard InChI is InChI=1S/C31H24Cl2I2N2O4S/c1-4-40-30(39)26-17(3)36-31-37(27(26)19-8-5-16(2)6-9-19)29(38)25(42-31)13-20-12-21(34)14-24(35)28(20)41-15-18-7-10-22(32)23(33)11-18/h5-14,27H,4,15H2,1-3H3/b25-13-/t27-/m1/s1. The van der Waals surface area contributed by atoms with E-state index in [4.69, 9.17) is 32.7 Å². The van der Waals surface area contributed by atoms with E-state index >= 15 is 0 Å². The molecule has 0 amide bonds. The Kier molecular flexibility index (Phi) is 9.83. The molecule has 5 rings (SSSR count). The third-order valence-electron chi connectivity index (χ3n) is 6.60. The van der Waals surface area contributed by atoms with Crippen LogP contribution in [0.2, 0.25) is 10.0 Å². The van der Waals surface area contributed by atoms with Gasteiger partial charge in [0, 0.05) is 9.13 Å². The molecule has 0 bridgehead atoms. The summed E-state index contributed by atoms with van der Waals surface area (Å²) in [5, 5.41) is 0.933. The minimum atomic E-state index is -0.663. The molecule has 216 valence electrons. The van der Waals surface area contributed by atoms with Gasteiger partial charge in [-0.3, -0.25) is 9.36 Å². The predicted octanol–water partition coefficient (Wildman–Crippen LogP) is 7.20. The number of rotatable bonds is 7. The monoisotopic (exact) mass is 844 g/mol. The maximum atomic E-state index is 14.1. The molecular formula is C31H24Cl2I2N2O4S. The molecule has 1 aromatic heterocycles. The van der Waals surface area contributed by atoms with Crippen LogP contribution >= 0.6 is 79.7 Å². The van der Waals surface area contributed by atoms with Crippen LogP contribution in [0.4, 0.5) is 0 Å². The fourth-order valence-corrected chi connectivity index (χ4v) is 8.03. The molecule has 0 aliphatic carbocycles. The summed E-state index contributed by atoms with van der Waals surface area (Å²) in [5.41, 5.74) is 4.14. The number of nitrogens with zero attached hydrogens (tertiary/aromatic N) is 2. The van der Waals surface area contributed by atoms with Crippen molar-refractivity contribution in [1.82, 2.24) is 4.57 Å². The molecule has 0 fully saturated rings. The number of carbonyl (C=O) groups excluding carboxylic acids is 1. The van der Waals surface area contributed by atoms with E-state index in [1.165, 1.54) is 11.3 Å². The lowest BCUT2D eigenvalue weighted by molar-refractivity contribution is -0.139. The zero-order chi connectivity index (χ0) is 30.1. The average molecular weight is 845 g/mol. The molecule has 1 aliphatic rings. The number of fused-ring (bicyclic) bond motifs is 1. The van der Waals surface area contributed by atoms with Crippen LogP contribution in [0.25, 0.3) is 6.08 Å². The number of aromatic nitrogens is 1. The van der Waals surface area contributed by atoms with Crippen molar-refractivity contribution in [2.45, 2.75) is 33.4 Å². The van der Waals surface area contributed by atoms with Crippen molar-refractivity contribution < 1.29 is 14.3 Å². The molecule has 6 nitrogen and oxygen atoms in total. The topological polar surface area (TPSA) is 69.9 Å². The van der Waals surface area contributed by atoms with Gasteiger partial charge in [-0.05, 0) is 107 Å². The Morgan fingerprint density at radius 2 is 1.81 bits per heavy atom. The highest BCUT2D eigenvalue weighted by molar-refractivity contribution is 14.1. The zero-order valence-electron chi connectivity index (χ0n) is 22.7. The number of carbonyl (C=O) groups is 1. The second-order valence-electron chi connectivity index (χ2n) is 9.56. The zero-order valence-corrected chi connectivity index (χ0v) is 29.4. The molecule has 0 saturated heterocycles. The van der Waals surface area contributed by atoms with Crippen LogP contribution in [0.5, 0.6) is 5.75 Å². The molecule has 0 saturated carbocycles. The summed E-state index contributed by atoms with van der Waals surface area (Å²) in [6, 6.07) is 16.5. The number of esters is 1. The van der Waals surface area contributed by atoms with E-state index in [2.05, 4.69) is 50.2 Å². The first-order valence-corrected chi connectivity index (χ1v) is 16.6. The summed E-state index contributed by atoms with van der Waals surface area (Å²) in [5.74, 6) is 0.162. The van der Waals surface area contributed by atoms with E-state index in [1.807, 2.05) is 55.5 Å². The number of thiazole rings is 1. The fraction of sp³-hybridized carbons (Fsp3) is 0.194. The highest BCUT2D eigenvalue weighted by atomic mass is 127. The van der Waals surface area contributed by atoms with Gasteiger partial charge >= 0.3 is 5.97 Å². The molecule has 1 atom stereocenters. The fourth-order valence-electron chi connectivity index (χ4n) is 4.62. The Hall–Kier alpha value is -2.19. The van der Waals surface area contributed by atoms with Crippen LogP contribution < -0.4 is 19.6 Å². The molecule has 3 aromatic carbocycles. The Morgan fingerprint density at radius 1 is 1.07 bits per heavy atom. The second kappa shape index (κ2) is 13.2. The first-order chi connectivity index (χ1) is 20.1. The summed E-state index contributed by atoms with van der Waals surface area (Å²) in [4.78, 5) is 32.4. The van der Waals surface area contributed by atoms with Crippen molar-refractivity contribution >= 4 is 91.8 Å². The summed E-state index contributed by atoms with van der Waals surface area (Å²) >= 11 is 18.0. The van der Waals surface area contributed by atoms with Gasteiger partial charge in [0.25, 0.3) is 5.56 Å². The Morgan fingerprint density at radius 3 is 2.50 bits per heavy atom. The van der Waals surface area contributed by atoms with E-state index in [0.29, 0.717) is 36.4 Å². The van der Waals surface area contributed by atoms with Crippen LogP contribution in [0, 0.1) is 14.1 Å². The van der Waals surface area contributed by atoms with Gasteiger partial charge in [0.15, 0.2) is 4.80 Å². The molecule has 0 radical (unpaired) electrons. The highest BCUT2D eigenvalue weighted by Crippen LogP contribution is 2.32. The number of aryl methyl sites for hydroxylation is 1. The summed E-state index contributed by atoms with van der Waals surface area (Å²) in [6.07, 6.45) is 1.83. The van der Waals surface area contributed by atoms with Crippen LogP contribution in [0.3, 0.4) is 0 Å². The molecule has 42 heavy (non-hydrogen) atoms. The molecule has 2 heterocycles. The number of hydrogen-bond acceptors (Lipinski definition) is 6. The molecule has 1 aliphatic heterocycles. The lowest BCUT2D eigenvalue weighted by Gasteiger charge is -2.24. The van der Waals surface area contributed by atoms with Gasteiger partial charge in [-0.15, -0.1) is 0 Å². The highest BCUT2D eigenvalue weighted by Gasteiger charge is 2.33. The normalized spacial score (nSPS) is 14.9. The average Bonchev–Trinajstić information content (AvgIpc) is 3.24. The second-order valence-corrected chi connectivity index (χ2v) is 13.8. The van der Waals surface area contributed by atoms with E-state index < -0.39 is 12.0 Å². The van der Waals surface area contributed by atoms with Gasteiger partial charge in [-0.25, -0.2) is 9.79 Å². The third kappa shape index (κ3) is 6.50. The summed E-state index contributed by atoms with van der Waals surface area (Å²) < 4.78 is 15.6. The van der Waals surface area contributed by atoms with Crippen molar-refractivity contribution in [1.29, 1.82) is 0 Å². The van der Waals surface area contributed by atoms with E-state index in [0.717, 1.165) is 29.4 Å². The first-order valence-electron chi connectivity index (χ1n) is 12.9. The van der Waals surface area contributed by atoms with Crippen molar-refractivity contribution in [3.63, 3.8) is 0 Å². The molecule has 4 aromatic rings. The molecular weight excluding hydrogens is 821 g/mol. The number of allylic oxidation sites excluding steroid dienone is 1. The van der Waals surface area contributed by atoms with Crippen LogP contribution in [0.15, 0.2) is 75.7 Å². The molecule has 11 heteroatoms. The van der Waals surface area contributed by atoms with Crippen LogP contribution in [0.1, 0.15) is 42.1 Å². The molecule has 0 N–H and O–H groups in total. The van der Waals surface area contributed by atoms with Gasteiger partial charge < -0.3 is 9.47 Å². The molecule has 0 unspecified atom stereocenters. The van der Waals surface area contributed by atoms with Crippen molar-refractivity contribution in [2.75, 3.05) is 6.61 Å². The largest absolute Gasteiger partial charge is 0.487 e. The summed E-state index contributed by atoms with van der Waals surface area (Å²) in [6.45, 7) is 6.02. The Bertz CT molecular complexity index is 1920. The minimum Gasteiger partial charge on any atom is -0.487 e. The van der Waals surface area contributed by atoms with Crippen molar-refractivity contribution in [3.05, 3.63) is 125 Å². The number of halogens is 4. The lowest BCUT2D eigenvalue weighted by Crippen LogP contribution is -2.39. The third-order valence-corrected chi connectivity index (χ3v) is 9.75. The summed E-state index contributed by atoms with van der Waals surface area (Å²) in [7, 11) is 0. The quantitative estimate of drug-likeness (QED) is 0.146. The first kappa shape index (κ1) is 31.2. The van der Waals surface area contributed by atoms with Crippen LogP contribution in [-0.2, 0) is 16.1 Å². The van der Waals surface area contributed by atoms with Crippen molar-refractivity contribution in [3.8, 4) is 5.75 Å². The van der Waals surface area contributed by atoms with E-state index in [1.54, 1.807) is 30.5 Å². The Balaban J connectivity index is 1.63.